The number of carbonyl (C=O) groups excluding carboxylic acids is 1. The van der Waals surface area contributed by atoms with E-state index in [9.17, 15) is 9.18 Å². The van der Waals surface area contributed by atoms with Crippen LogP contribution in [0.2, 0.25) is 0 Å². The summed E-state index contributed by atoms with van der Waals surface area (Å²) in [6.45, 7) is 4.21. The molecular weight excluding hydrogens is 509 g/mol. The van der Waals surface area contributed by atoms with E-state index in [4.69, 9.17) is 15.1 Å². The number of likely N-dealkylation sites (tertiary alicyclic amines) is 1. The Morgan fingerprint density at radius 1 is 1.07 bits per heavy atom. The number of ether oxygens (including phenoxy) is 1. The third kappa shape index (κ3) is 5.62. The number of hydrogen-bond acceptors (Lipinski definition) is 6. The molecule has 208 valence electrons. The van der Waals surface area contributed by atoms with Crippen LogP contribution in [0.4, 0.5) is 10.2 Å². The summed E-state index contributed by atoms with van der Waals surface area (Å²) < 4.78 is 19.3. The summed E-state index contributed by atoms with van der Waals surface area (Å²) in [6, 6.07) is 12.6. The van der Waals surface area contributed by atoms with Gasteiger partial charge in [-0.3, -0.25) is 10.2 Å². The van der Waals surface area contributed by atoms with Crippen LogP contribution in [0.15, 0.2) is 54.7 Å². The Labute approximate surface area is 233 Å². The third-order valence-electron chi connectivity index (χ3n) is 7.92. The SMILES string of the molecule is N=C(/C=C\c1ncc(-c2cccc(N3CCN(C(=O)C4CCCO4)CC3)n2)[nH]1)N1CCCC1c1cccc(F)c1. The summed E-state index contributed by atoms with van der Waals surface area (Å²) in [6.07, 6.45) is 8.64. The molecule has 5 heterocycles. The highest BCUT2D eigenvalue weighted by Gasteiger charge is 2.31. The number of benzene rings is 1. The number of amides is 1. The molecule has 1 amide bonds. The second-order valence-electron chi connectivity index (χ2n) is 10.5. The normalized spacial score (nSPS) is 21.5. The first-order valence-corrected chi connectivity index (χ1v) is 14.0. The Kier molecular flexibility index (Phi) is 7.59. The molecule has 3 fully saturated rings. The maximum Gasteiger partial charge on any atom is 0.251 e. The fraction of sp³-hybridized carbons (Fsp3) is 0.400. The van der Waals surface area contributed by atoms with Crippen LogP contribution in [0.25, 0.3) is 17.5 Å². The maximum absolute atomic E-state index is 13.8. The first kappa shape index (κ1) is 26.2. The second kappa shape index (κ2) is 11.6. The van der Waals surface area contributed by atoms with Crippen molar-refractivity contribution in [2.45, 2.75) is 37.8 Å². The van der Waals surface area contributed by atoms with Crippen LogP contribution in [0.3, 0.4) is 0 Å². The van der Waals surface area contributed by atoms with E-state index in [1.54, 1.807) is 30.5 Å². The number of piperazine rings is 1. The van der Waals surface area contributed by atoms with Gasteiger partial charge in [-0.15, -0.1) is 0 Å². The number of nitrogens with one attached hydrogen (secondary N) is 2. The summed E-state index contributed by atoms with van der Waals surface area (Å²) in [7, 11) is 0. The molecule has 0 saturated carbocycles. The highest BCUT2D eigenvalue weighted by molar-refractivity contribution is 5.94. The van der Waals surface area contributed by atoms with Crippen LogP contribution in [-0.2, 0) is 9.53 Å². The van der Waals surface area contributed by atoms with Crippen molar-refractivity contribution in [3.8, 4) is 11.4 Å². The number of imidazole rings is 1. The van der Waals surface area contributed by atoms with Gasteiger partial charge in [0.05, 0.1) is 23.6 Å². The lowest BCUT2D eigenvalue weighted by Crippen LogP contribution is -2.51. The fourth-order valence-electron chi connectivity index (χ4n) is 5.80. The van der Waals surface area contributed by atoms with Gasteiger partial charge in [0.1, 0.15) is 29.4 Å². The average Bonchev–Trinajstić information content (AvgIpc) is 3.78. The lowest BCUT2D eigenvalue weighted by atomic mass is 10.0. The van der Waals surface area contributed by atoms with Gasteiger partial charge in [0.2, 0.25) is 0 Å². The van der Waals surface area contributed by atoms with Gasteiger partial charge in [-0.2, -0.15) is 0 Å². The lowest BCUT2D eigenvalue weighted by Gasteiger charge is -2.36. The molecule has 2 unspecified atom stereocenters. The first-order valence-electron chi connectivity index (χ1n) is 14.0. The van der Waals surface area contributed by atoms with E-state index in [1.165, 1.54) is 6.07 Å². The molecule has 3 aromatic rings. The number of amidine groups is 1. The van der Waals surface area contributed by atoms with Gasteiger partial charge in [-0.25, -0.2) is 14.4 Å². The minimum Gasteiger partial charge on any atom is -0.368 e. The summed E-state index contributed by atoms with van der Waals surface area (Å²) in [5.41, 5.74) is 2.47. The number of anilines is 1. The van der Waals surface area contributed by atoms with Crippen LogP contribution in [0.5, 0.6) is 0 Å². The molecule has 6 rings (SSSR count). The predicted molar refractivity (Wildman–Crippen MR) is 151 cm³/mol. The number of aromatic nitrogens is 3. The molecule has 40 heavy (non-hydrogen) atoms. The molecule has 2 N–H and O–H groups in total. The van der Waals surface area contributed by atoms with E-state index in [0.29, 0.717) is 31.4 Å². The topological polar surface area (TPSA) is 101 Å². The van der Waals surface area contributed by atoms with Gasteiger partial charge in [-0.05, 0) is 67.7 Å². The number of pyridine rings is 1. The molecule has 3 aliphatic heterocycles. The number of aromatic amines is 1. The molecular formula is C30H34FN7O2. The Morgan fingerprint density at radius 2 is 1.93 bits per heavy atom. The van der Waals surface area contributed by atoms with Gasteiger partial charge in [-0.1, -0.05) is 18.2 Å². The van der Waals surface area contributed by atoms with Crippen molar-refractivity contribution in [3.63, 3.8) is 0 Å². The first-order chi connectivity index (χ1) is 19.5. The molecule has 0 aliphatic carbocycles. The zero-order valence-corrected chi connectivity index (χ0v) is 22.4. The number of nitrogens with zero attached hydrogens (tertiary/aromatic N) is 5. The zero-order chi connectivity index (χ0) is 27.5. The molecule has 3 saturated heterocycles. The van der Waals surface area contributed by atoms with Crippen LogP contribution in [0.1, 0.15) is 43.1 Å². The molecule has 10 heteroatoms. The number of H-pyrrole nitrogens is 1. The highest BCUT2D eigenvalue weighted by atomic mass is 19.1. The summed E-state index contributed by atoms with van der Waals surface area (Å²) in [5, 5.41) is 8.62. The van der Waals surface area contributed by atoms with Crippen LogP contribution < -0.4 is 4.90 Å². The summed E-state index contributed by atoms with van der Waals surface area (Å²) in [4.78, 5) is 31.4. The van der Waals surface area contributed by atoms with Gasteiger partial charge < -0.3 is 24.4 Å². The van der Waals surface area contributed by atoms with E-state index in [0.717, 1.165) is 68.1 Å². The number of carbonyl (C=O) groups is 1. The molecule has 2 atom stereocenters. The van der Waals surface area contributed by atoms with Crippen molar-refractivity contribution in [1.82, 2.24) is 24.8 Å². The molecule has 9 nitrogen and oxygen atoms in total. The molecule has 2 aromatic heterocycles. The monoisotopic (exact) mass is 543 g/mol. The highest BCUT2D eigenvalue weighted by Crippen LogP contribution is 2.32. The Hall–Kier alpha value is -4.05. The average molecular weight is 544 g/mol. The third-order valence-corrected chi connectivity index (χ3v) is 7.92. The second-order valence-corrected chi connectivity index (χ2v) is 10.5. The van der Waals surface area contributed by atoms with Gasteiger partial charge in [0.15, 0.2) is 0 Å². The number of rotatable bonds is 6. The molecule has 0 spiro atoms. The minimum absolute atomic E-state index is 0.00276. The number of halogens is 1. The quantitative estimate of drug-likeness (QED) is 0.356. The van der Waals surface area contributed by atoms with Crippen molar-refractivity contribution in [2.24, 2.45) is 0 Å². The lowest BCUT2D eigenvalue weighted by molar-refractivity contribution is -0.141. The van der Waals surface area contributed by atoms with Crippen molar-refractivity contribution in [1.29, 1.82) is 5.41 Å². The predicted octanol–water partition coefficient (Wildman–Crippen LogP) is 4.27. The van der Waals surface area contributed by atoms with Crippen molar-refractivity contribution in [2.75, 3.05) is 44.2 Å². The van der Waals surface area contributed by atoms with Gasteiger partial charge in [0, 0.05) is 39.3 Å². The van der Waals surface area contributed by atoms with Crippen LogP contribution in [0, 0.1) is 11.2 Å². The van der Waals surface area contributed by atoms with E-state index in [1.807, 2.05) is 34.1 Å². The van der Waals surface area contributed by atoms with E-state index < -0.39 is 0 Å². The maximum atomic E-state index is 13.8. The number of hydrogen-bond donors (Lipinski definition) is 2. The van der Waals surface area contributed by atoms with E-state index >= 15 is 0 Å². The zero-order valence-electron chi connectivity index (χ0n) is 22.4. The van der Waals surface area contributed by atoms with Crippen molar-refractivity contribution >= 4 is 23.6 Å². The standard InChI is InChI=1S/C30H34FN7O2/c31-22-6-1-5-21(19-22)25-8-3-13-38(25)27(32)11-12-28-33-20-24(34-28)23-7-2-10-29(35-23)36-14-16-37(17-15-36)30(39)26-9-4-18-40-26/h1-2,5-7,10-12,19-20,25-26,32H,3-4,8-9,13-18H2,(H,33,34)/b12-11-,32-27?. The van der Waals surface area contributed by atoms with Crippen molar-refractivity contribution < 1.29 is 13.9 Å². The molecule has 3 aliphatic rings. The summed E-state index contributed by atoms with van der Waals surface area (Å²) in [5.74, 6) is 1.74. The van der Waals surface area contributed by atoms with E-state index in [-0.39, 0.29) is 23.9 Å². The molecule has 0 bridgehead atoms. The smallest absolute Gasteiger partial charge is 0.251 e. The van der Waals surface area contributed by atoms with Crippen LogP contribution in [-0.4, -0.2) is 81.9 Å². The fourth-order valence-corrected chi connectivity index (χ4v) is 5.80. The van der Waals surface area contributed by atoms with E-state index in [2.05, 4.69) is 14.9 Å². The van der Waals surface area contributed by atoms with Gasteiger partial charge >= 0.3 is 0 Å². The Bertz CT molecular complexity index is 1390. The largest absolute Gasteiger partial charge is 0.368 e. The Morgan fingerprint density at radius 3 is 2.73 bits per heavy atom. The summed E-state index contributed by atoms with van der Waals surface area (Å²) >= 11 is 0. The van der Waals surface area contributed by atoms with Crippen molar-refractivity contribution in [3.05, 3.63) is 71.9 Å². The molecule has 1 aromatic carbocycles. The Balaban J connectivity index is 1.08. The van der Waals surface area contributed by atoms with Gasteiger partial charge in [0.25, 0.3) is 5.91 Å². The van der Waals surface area contributed by atoms with Crippen LogP contribution >= 0.6 is 0 Å². The molecule has 0 radical (unpaired) electrons. The minimum atomic E-state index is -0.273.